The molecular weight excluding hydrogens is 162 g/mol. The Morgan fingerprint density at radius 1 is 1.08 bits per heavy atom. The van der Waals surface area contributed by atoms with Crippen molar-refractivity contribution in [1.82, 2.24) is 5.32 Å². The van der Waals surface area contributed by atoms with Gasteiger partial charge in [0, 0.05) is 18.7 Å². The Morgan fingerprint density at radius 3 is 2.15 bits per heavy atom. The lowest BCUT2D eigenvalue weighted by Gasteiger charge is -2.21. The molecular formula is C11H25NO. The topological polar surface area (TPSA) is 32.3 Å². The van der Waals surface area contributed by atoms with Gasteiger partial charge >= 0.3 is 0 Å². The van der Waals surface area contributed by atoms with E-state index in [0.29, 0.717) is 18.7 Å². The van der Waals surface area contributed by atoms with Crippen LogP contribution in [0.5, 0.6) is 0 Å². The van der Waals surface area contributed by atoms with E-state index in [1.54, 1.807) is 0 Å². The number of aliphatic hydroxyl groups excluding tert-OH is 1. The maximum atomic E-state index is 8.67. The molecule has 0 bridgehead atoms. The fraction of sp³-hybridized carbons (Fsp3) is 1.00. The molecule has 0 saturated heterocycles. The third-order valence-electron chi connectivity index (χ3n) is 2.19. The maximum absolute atomic E-state index is 8.67. The minimum absolute atomic E-state index is 0.310. The molecule has 0 fully saturated rings. The molecule has 2 N–H and O–H groups in total. The van der Waals surface area contributed by atoms with Crippen LogP contribution >= 0.6 is 0 Å². The zero-order valence-electron chi connectivity index (χ0n) is 9.51. The summed E-state index contributed by atoms with van der Waals surface area (Å²) in [5.41, 5.74) is 0. The molecule has 2 unspecified atom stereocenters. The number of hydrogen-bond acceptors (Lipinski definition) is 2. The Hall–Kier alpha value is -0.0800. The highest BCUT2D eigenvalue weighted by Crippen LogP contribution is 2.06. The lowest BCUT2D eigenvalue weighted by Crippen LogP contribution is -2.35. The van der Waals surface area contributed by atoms with Crippen LogP contribution in [-0.2, 0) is 0 Å². The number of nitrogens with one attached hydrogen (secondary N) is 1. The van der Waals surface area contributed by atoms with Crippen LogP contribution in [0, 0.1) is 5.92 Å². The van der Waals surface area contributed by atoms with Crippen LogP contribution < -0.4 is 5.32 Å². The first-order valence-corrected chi connectivity index (χ1v) is 5.43. The largest absolute Gasteiger partial charge is 0.396 e. The molecule has 0 aromatic carbocycles. The van der Waals surface area contributed by atoms with Crippen molar-refractivity contribution in [2.75, 3.05) is 6.61 Å². The average Bonchev–Trinajstić information content (AvgIpc) is 1.98. The third-order valence-corrected chi connectivity index (χ3v) is 2.19. The summed E-state index contributed by atoms with van der Waals surface area (Å²) in [7, 11) is 0. The van der Waals surface area contributed by atoms with Crippen molar-refractivity contribution in [2.45, 2.75) is 59.0 Å². The van der Waals surface area contributed by atoms with Crippen molar-refractivity contribution in [3.05, 3.63) is 0 Å². The molecule has 0 aliphatic rings. The van der Waals surface area contributed by atoms with E-state index in [1.165, 1.54) is 6.42 Å². The average molecular weight is 187 g/mol. The number of aliphatic hydroxyl groups is 1. The molecule has 0 saturated carbocycles. The molecule has 0 aliphatic heterocycles. The molecule has 13 heavy (non-hydrogen) atoms. The normalized spacial score (nSPS) is 16.2. The van der Waals surface area contributed by atoms with E-state index in [4.69, 9.17) is 5.11 Å². The fourth-order valence-electron chi connectivity index (χ4n) is 1.74. The van der Waals surface area contributed by atoms with Gasteiger partial charge in [0.25, 0.3) is 0 Å². The minimum Gasteiger partial charge on any atom is -0.396 e. The summed E-state index contributed by atoms with van der Waals surface area (Å²) < 4.78 is 0. The van der Waals surface area contributed by atoms with Gasteiger partial charge in [-0.1, -0.05) is 13.8 Å². The van der Waals surface area contributed by atoms with E-state index < -0.39 is 0 Å². The predicted molar refractivity (Wildman–Crippen MR) is 57.8 cm³/mol. The van der Waals surface area contributed by atoms with Gasteiger partial charge in [-0.15, -0.1) is 0 Å². The SMILES string of the molecule is CC(C)CC(C)NC(C)CCCO. The molecule has 2 heteroatoms. The zero-order valence-corrected chi connectivity index (χ0v) is 9.51. The number of hydrogen-bond donors (Lipinski definition) is 2. The maximum Gasteiger partial charge on any atom is 0.0431 e. The Bertz CT molecular complexity index is 115. The molecule has 0 radical (unpaired) electrons. The highest BCUT2D eigenvalue weighted by atomic mass is 16.2. The van der Waals surface area contributed by atoms with Crippen LogP contribution in [0.2, 0.25) is 0 Å². The van der Waals surface area contributed by atoms with Crippen molar-refractivity contribution in [1.29, 1.82) is 0 Å². The van der Waals surface area contributed by atoms with E-state index in [2.05, 4.69) is 33.0 Å². The lowest BCUT2D eigenvalue weighted by molar-refractivity contribution is 0.272. The molecule has 0 aromatic rings. The highest BCUT2D eigenvalue weighted by molar-refractivity contribution is 4.68. The van der Waals surface area contributed by atoms with Gasteiger partial charge in [0.1, 0.15) is 0 Å². The molecule has 0 rings (SSSR count). The van der Waals surface area contributed by atoms with Crippen LogP contribution in [0.15, 0.2) is 0 Å². The standard InChI is InChI=1S/C11H25NO/c1-9(2)8-11(4)12-10(3)6-5-7-13/h9-13H,5-8H2,1-4H3. The van der Waals surface area contributed by atoms with Crippen LogP contribution in [0.25, 0.3) is 0 Å². The quantitative estimate of drug-likeness (QED) is 0.640. The van der Waals surface area contributed by atoms with Gasteiger partial charge in [0.15, 0.2) is 0 Å². The van der Waals surface area contributed by atoms with Crippen LogP contribution in [-0.4, -0.2) is 23.8 Å². The summed E-state index contributed by atoms with van der Waals surface area (Å²) in [6, 6.07) is 1.12. The molecule has 2 nitrogen and oxygen atoms in total. The Labute approximate surface area is 82.7 Å². The summed E-state index contributed by atoms with van der Waals surface area (Å²) in [5.74, 6) is 0.757. The van der Waals surface area contributed by atoms with Gasteiger partial charge in [-0.3, -0.25) is 0 Å². The molecule has 2 atom stereocenters. The second kappa shape index (κ2) is 7.34. The first-order chi connectivity index (χ1) is 6.06. The second-order valence-corrected chi connectivity index (χ2v) is 4.46. The second-order valence-electron chi connectivity index (χ2n) is 4.46. The number of rotatable bonds is 7. The molecule has 0 spiro atoms. The van der Waals surface area contributed by atoms with E-state index in [0.717, 1.165) is 18.8 Å². The first kappa shape index (κ1) is 12.9. The monoisotopic (exact) mass is 187 g/mol. The predicted octanol–water partition coefficient (Wildman–Crippen LogP) is 2.17. The van der Waals surface area contributed by atoms with E-state index in [1.807, 2.05) is 0 Å². The Morgan fingerprint density at radius 2 is 1.69 bits per heavy atom. The summed E-state index contributed by atoms with van der Waals surface area (Å²) >= 11 is 0. The molecule has 0 heterocycles. The zero-order chi connectivity index (χ0) is 10.3. The summed E-state index contributed by atoms with van der Waals surface area (Å²) in [6.45, 7) is 9.22. The highest BCUT2D eigenvalue weighted by Gasteiger charge is 2.08. The van der Waals surface area contributed by atoms with Gasteiger partial charge in [0.2, 0.25) is 0 Å². The van der Waals surface area contributed by atoms with Crippen LogP contribution in [0.3, 0.4) is 0 Å². The van der Waals surface area contributed by atoms with Crippen molar-refractivity contribution in [3.63, 3.8) is 0 Å². The van der Waals surface area contributed by atoms with E-state index in [-0.39, 0.29) is 0 Å². The fourth-order valence-corrected chi connectivity index (χ4v) is 1.74. The lowest BCUT2D eigenvalue weighted by atomic mass is 10.0. The Balaban J connectivity index is 3.46. The van der Waals surface area contributed by atoms with E-state index >= 15 is 0 Å². The third kappa shape index (κ3) is 8.26. The van der Waals surface area contributed by atoms with Gasteiger partial charge in [0.05, 0.1) is 0 Å². The minimum atomic E-state index is 0.310. The van der Waals surface area contributed by atoms with Crippen molar-refractivity contribution in [3.8, 4) is 0 Å². The van der Waals surface area contributed by atoms with Crippen molar-refractivity contribution < 1.29 is 5.11 Å². The van der Waals surface area contributed by atoms with Crippen LogP contribution in [0.1, 0.15) is 47.0 Å². The Kier molecular flexibility index (Phi) is 7.29. The molecule has 0 aromatic heterocycles. The van der Waals surface area contributed by atoms with Crippen molar-refractivity contribution >= 4 is 0 Å². The van der Waals surface area contributed by atoms with Gasteiger partial charge in [-0.2, -0.15) is 0 Å². The van der Waals surface area contributed by atoms with Gasteiger partial charge in [-0.05, 0) is 39.0 Å². The molecule has 80 valence electrons. The first-order valence-electron chi connectivity index (χ1n) is 5.43. The summed E-state index contributed by atoms with van der Waals surface area (Å²) in [6.07, 6.45) is 3.20. The van der Waals surface area contributed by atoms with Gasteiger partial charge in [-0.25, -0.2) is 0 Å². The summed E-state index contributed by atoms with van der Waals surface area (Å²) in [4.78, 5) is 0. The van der Waals surface area contributed by atoms with E-state index in [9.17, 15) is 0 Å². The molecule has 0 amide bonds. The molecule has 0 aliphatic carbocycles. The van der Waals surface area contributed by atoms with Crippen LogP contribution in [0.4, 0.5) is 0 Å². The summed E-state index contributed by atoms with van der Waals surface area (Å²) in [5, 5.41) is 12.2. The van der Waals surface area contributed by atoms with Crippen molar-refractivity contribution in [2.24, 2.45) is 5.92 Å². The van der Waals surface area contributed by atoms with Gasteiger partial charge < -0.3 is 10.4 Å². The smallest absolute Gasteiger partial charge is 0.0431 e.